The lowest BCUT2D eigenvalue weighted by atomic mass is 9.46. The molecule has 9 atom stereocenters. The van der Waals surface area contributed by atoms with Gasteiger partial charge in [0.25, 0.3) is 0 Å². The van der Waals surface area contributed by atoms with E-state index in [1.165, 1.54) is 0 Å². The maximum Gasteiger partial charge on any atom is 0.306 e. The summed E-state index contributed by atoms with van der Waals surface area (Å²) >= 11 is 6.99. The Bertz CT molecular complexity index is 926. The van der Waals surface area contributed by atoms with Crippen molar-refractivity contribution in [3.8, 4) is 0 Å². The lowest BCUT2D eigenvalue weighted by molar-refractivity contribution is -0.205. The molecule has 2 N–H and O–H groups in total. The number of aliphatic hydroxyl groups excluding tert-OH is 2. The van der Waals surface area contributed by atoms with E-state index < -0.39 is 40.9 Å². The molecule has 0 aliphatic heterocycles. The van der Waals surface area contributed by atoms with Gasteiger partial charge in [-0.3, -0.25) is 14.4 Å². The maximum absolute atomic E-state index is 13.3. The van der Waals surface area contributed by atoms with Crippen molar-refractivity contribution in [1.82, 2.24) is 0 Å². The van der Waals surface area contributed by atoms with Crippen molar-refractivity contribution >= 4 is 29.1 Å². The van der Waals surface area contributed by atoms with E-state index in [-0.39, 0.29) is 47.7 Å². The molecule has 0 aromatic rings. The molecule has 0 radical (unpaired) electrons. The van der Waals surface area contributed by atoms with Crippen LogP contribution < -0.4 is 0 Å². The zero-order chi connectivity index (χ0) is 24.3. The Morgan fingerprint density at radius 1 is 1.30 bits per heavy atom. The molecule has 0 heterocycles. The van der Waals surface area contributed by atoms with E-state index in [2.05, 4.69) is 6.92 Å². The largest absolute Gasteiger partial charge is 0.450 e. The molecule has 0 aromatic carbocycles. The van der Waals surface area contributed by atoms with Crippen LogP contribution in [0.1, 0.15) is 59.8 Å². The summed E-state index contributed by atoms with van der Waals surface area (Å²) in [5.74, 6) is -1.80. The number of ketones is 2. The van der Waals surface area contributed by atoms with Gasteiger partial charge in [-0.2, -0.15) is 0 Å². The summed E-state index contributed by atoms with van der Waals surface area (Å²) in [6.07, 6.45) is 6.47. The van der Waals surface area contributed by atoms with Gasteiger partial charge in [0, 0.05) is 34.5 Å². The number of hydrogen-bond acceptors (Lipinski definition) is 6. The minimum absolute atomic E-state index is 0.0650. The number of fused-ring (bicyclic) bond motifs is 5. The Labute approximate surface area is 200 Å². The summed E-state index contributed by atoms with van der Waals surface area (Å²) in [6, 6.07) is 0. The van der Waals surface area contributed by atoms with Crippen LogP contribution in [0.3, 0.4) is 0 Å². The molecule has 33 heavy (non-hydrogen) atoms. The number of halogens is 1. The van der Waals surface area contributed by atoms with Gasteiger partial charge in [-0.1, -0.05) is 39.3 Å². The molecule has 4 aliphatic rings. The summed E-state index contributed by atoms with van der Waals surface area (Å²) in [5.41, 5.74) is -1.93. The van der Waals surface area contributed by atoms with Gasteiger partial charge in [-0.25, -0.2) is 0 Å². The number of ether oxygens (including phenoxy) is 1. The molecule has 0 amide bonds. The third-order valence-electron chi connectivity index (χ3n) is 9.31. The molecule has 3 fully saturated rings. The predicted octanol–water partition coefficient (Wildman–Crippen LogP) is 3.37. The molecule has 0 spiro atoms. The average molecular weight is 479 g/mol. The lowest BCUT2D eigenvalue weighted by Gasteiger charge is -2.61. The van der Waals surface area contributed by atoms with Crippen LogP contribution in [0.15, 0.2) is 23.8 Å². The first-order valence-corrected chi connectivity index (χ1v) is 12.5. The highest BCUT2D eigenvalue weighted by atomic mass is 35.5. The number of esters is 1. The van der Waals surface area contributed by atoms with Crippen molar-refractivity contribution in [2.24, 2.45) is 34.5 Å². The second-order valence-corrected chi connectivity index (χ2v) is 11.5. The highest BCUT2D eigenvalue weighted by Crippen LogP contribution is 2.69. The average Bonchev–Trinajstić information content (AvgIpc) is 2.96. The van der Waals surface area contributed by atoms with Crippen LogP contribution in [-0.2, 0) is 19.1 Å². The van der Waals surface area contributed by atoms with Crippen molar-refractivity contribution < 1.29 is 29.3 Å². The molecule has 0 aromatic heterocycles. The second kappa shape index (κ2) is 8.31. The Balaban J connectivity index is 1.82. The van der Waals surface area contributed by atoms with Gasteiger partial charge >= 0.3 is 5.97 Å². The van der Waals surface area contributed by atoms with Gasteiger partial charge in [0.15, 0.2) is 11.4 Å². The van der Waals surface area contributed by atoms with Crippen LogP contribution in [0.5, 0.6) is 0 Å². The van der Waals surface area contributed by atoms with E-state index in [0.717, 1.165) is 5.57 Å². The van der Waals surface area contributed by atoms with Crippen molar-refractivity contribution in [3.05, 3.63) is 23.8 Å². The predicted molar refractivity (Wildman–Crippen MR) is 123 cm³/mol. The Morgan fingerprint density at radius 3 is 2.64 bits per heavy atom. The van der Waals surface area contributed by atoms with E-state index in [1.807, 2.05) is 26.8 Å². The Kier molecular flexibility index (Phi) is 6.20. The molecule has 0 saturated heterocycles. The summed E-state index contributed by atoms with van der Waals surface area (Å²) in [4.78, 5) is 38.1. The minimum Gasteiger partial charge on any atom is -0.450 e. The molecule has 182 valence electrons. The molecule has 7 heteroatoms. The van der Waals surface area contributed by atoms with Gasteiger partial charge in [0.2, 0.25) is 5.78 Å². The molecule has 3 unspecified atom stereocenters. The topological polar surface area (TPSA) is 101 Å². The number of allylic oxidation sites excluding steroid dienone is 4. The molecule has 3 saturated carbocycles. The molecule has 4 aliphatic carbocycles. The van der Waals surface area contributed by atoms with Gasteiger partial charge in [0.1, 0.15) is 6.61 Å². The molecular weight excluding hydrogens is 444 g/mol. The van der Waals surface area contributed by atoms with Crippen molar-refractivity contribution in [2.75, 3.05) is 6.61 Å². The zero-order valence-corrected chi connectivity index (χ0v) is 20.6. The Hall–Kier alpha value is -1.50. The fourth-order valence-electron chi connectivity index (χ4n) is 7.98. The monoisotopic (exact) mass is 478 g/mol. The van der Waals surface area contributed by atoms with Gasteiger partial charge in [0.05, 0.1) is 6.10 Å². The van der Waals surface area contributed by atoms with Crippen molar-refractivity contribution in [1.29, 1.82) is 0 Å². The summed E-state index contributed by atoms with van der Waals surface area (Å²) in [5, 5.41) is 21.2. The van der Waals surface area contributed by atoms with E-state index >= 15 is 0 Å². The van der Waals surface area contributed by atoms with E-state index in [1.54, 1.807) is 12.2 Å². The highest BCUT2D eigenvalue weighted by Gasteiger charge is 2.73. The van der Waals surface area contributed by atoms with E-state index in [4.69, 9.17) is 16.3 Å². The first-order chi connectivity index (χ1) is 15.5. The van der Waals surface area contributed by atoms with Gasteiger partial charge < -0.3 is 14.9 Å². The van der Waals surface area contributed by atoms with Crippen LogP contribution >= 0.6 is 11.6 Å². The number of aliphatic hydroxyl groups is 2. The van der Waals surface area contributed by atoms with E-state index in [0.29, 0.717) is 19.3 Å². The molecule has 6 nitrogen and oxygen atoms in total. The van der Waals surface area contributed by atoms with Crippen LogP contribution in [0.4, 0.5) is 0 Å². The molecule has 0 bridgehead atoms. The number of carbonyl (C=O) groups is 3. The maximum atomic E-state index is 13.3. The standard InChI is InChI=1S/C26H35ClO6/c1-5-6-21(32)33-26(20(31)13-28)14(2)9-17-22-18(27)11-15-10-16(29)7-8-24(15,3)23(22)19(30)12-25(17,26)4/h7-8,10,14,17-19,22-23,28,30H,5-6,9,11-13H2,1-4H3/t14?,17-,18?,19?,22+,23-,24-,25-,26-/m0/s1. The lowest BCUT2D eigenvalue weighted by Crippen LogP contribution is -2.65. The summed E-state index contributed by atoms with van der Waals surface area (Å²) in [6.45, 7) is 7.02. The van der Waals surface area contributed by atoms with Crippen LogP contribution in [0.25, 0.3) is 0 Å². The fraction of sp³-hybridized carbons (Fsp3) is 0.731. The van der Waals surface area contributed by atoms with Crippen LogP contribution in [0.2, 0.25) is 0 Å². The van der Waals surface area contributed by atoms with Gasteiger partial charge in [-0.15, -0.1) is 11.6 Å². The number of hydrogen-bond donors (Lipinski definition) is 2. The SMILES string of the molecule is CCCC(=O)O[C@]1(C(=O)CO)C(C)C[C@H]2[C@@H]3C(Cl)CC4=CC(=O)C=C[C@]4(C)[C@H]3C(O)C[C@@]21C. The third kappa shape index (κ3) is 3.31. The summed E-state index contributed by atoms with van der Waals surface area (Å²) < 4.78 is 6.01. The fourth-order valence-corrected chi connectivity index (χ4v) is 8.48. The number of Topliss-reactive ketones (excluding diaryl/α,β-unsaturated/α-hetero) is 1. The Morgan fingerprint density at radius 2 is 2.00 bits per heavy atom. The third-order valence-corrected chi connectivity index (χ3v) is 9.75. The smallest absolute Gasteiger partial charge is 0.306 e. The first-order valence-electron chi connectivity index (χ1n) is 12.1. The van der Waals surface area contributed by atoms with Crippen LogP contribution in [-0.4, -0.2) is 51.4 Å². The van der Waals surface area contributed by atoms with Crippen molar-refractivity contribution in [2.45, 2.75) is 76.9 Å². The first kappa shape index (κ1) is 24.6. The normalized spacial score (nSPS) is 46.2. The number of rotatable bonds is 5. The van der Waals surface area contributed by atoms with Crippen LogP contribution in [0, 0.1) is 34.5 Å². The minimum atomic E-state index is -1.50. The van der Waals surface area contributed by atoms with E-state index in [9.17, 15) is 24.6 Å². The molecular formula is C26H35ClO6. The second-order valence-electron chi connectivity index (χ2n) is 11.0. The number of alkyl halides is 1. The number of carbonyl (C=O) groups excluding carboxylic acids is 3. The highest BCUT2D eigenvalue weighted by molar-refractivity contribution is 6.21. The summed E-state index contributed by atoms with van der Waals surface area (Å²) in [7, 11) is 0. The molecule has 4 rings (SSSR count). The zero-order valence-electron chi connectivity index (χ0n) is 19.8. The van der Waals surface area contributed by atoms with Gasteiger partial charge in [-0.05, 0) is 49.7 Å². The quantitative estimate of drug-likeness (QED) is 0.464. The van der Waals surface area contributed by atoms with Crippen molar-refractivity contribution in [3.63, 3.8) is 0 Å².